The van der Waals surface area contributed by atoms with Crippen LogP contribution in [0.2, 0.25) is 0 Å². The van der Waals surface area contributed by atoms with E-state index in [1.54, 1.807) is 0 Å². The molecule has 0 radical (unpaired) electrons. The molecule has 1 atom stereocenters. The Morgan fingerprint density at radius 2 is 1.87 bits per heavy atom. The number of hydrogen-bond acceptors (Lipinski definition) is 3. The van der Waals surface area contributed by atoms with Crippen molar-refractivity contribution in [3.8, 4) is 5.75 Å². The van der Waals surface area contributed by atoms with Crippen molar-refractivity contribution in [3.63, 3.8) is 0 Å². The number of hydrogen-bond donors (Lipinski definition) is 0. The Labute approximate surface area is 138 Å². The Morgan fingerprint density at radius 3 is 2.65 bits per heavy atom. The first-order chi connectivity index (χ1) is 11.3. The smallest absolute Gasteiger partial charge is 0.257 e. The van der Waals surface area contributed by atoms with Crippen LogP contribution in [-0.2, 0) is 0 Å². The molecule has 23 heavy (non-hydrogen) atoms. The molecule has 0 unspecified atom stereocenters. The summed E-state index contributed by atoms with van der Waals surface area (Å²) in [5.74, 6) is 1.59. The number of likely N-dealkylation sites (tertiary alicyclic amines) is 2. The van der Waals surface area contributed by atoms with Crippen molar-refractivity contribution in [3.05, 3.63) is 29.8 Å². The third-order valence-electron chi connectivity index (χ3n) is 5.40. The number of benzene rings is 1. The number of amides is 1. The lowest BCUT2D eigenvalue weighted by Crippen LogP contribution is -2.37. The normalized spacial score (nSPS) is 25.0. The van der Waals surface area contributed by atoms with Crippen molar-refractivity contribution >= 4 is 5.91 Å². The number of rotatable bonds is 5. The quantitative estimate of drug-likeness (QED) is 0.838. The first-order valence-corrected chi connectivity index (χ1v) is 9.06. The number of carbonyl (C=O) groups excluding carboxylic acids is 1. The Kier molecular flexibility index (Phi) is 4.25. The highest BCUT2D eigenvalue weighted by atomic mass is 16.5. The van der Waals surface area contributed by atoms with Gasteiger partial charge in [0.2, 0.25) is 0 Å². The molecule has 1 amide bonds. The van der Waals surface area contributed by atoms with E-state index in [-0.39, 0.29) is 5.91 Å². The maximum Gasteiger partial charge on any atom is 0.257 e. The second kappa shape index (κ2) is 6.52. The Bertz CT molecular complexity index is 564. The summed E-state index contributed by atoms with van der Waals surface area (Å²) in [6.45, 7) is 4.90. The summed E-state index contributed by atoms with van der Waals surface area (Å²) in [6.07, 6.45) is 6.25. The van der Waals surface area contributed by atoms with E-state index in [1.165, 1.54) is 38.8 Å². The maximum atomic E-state index is 12.9. The highest BCUT2D eigenvalue weighted by Gasteiger charge is 2.33. The van der Waals surface area contributed by atoms with E-state index in [0.717, 1.165) is 37.4 Å². The average molecular weight is 314 g/mol. The molecule has 3 aliphatic rings. The fraction of sp³-hybridized carbons (Fsp3) is 0.632. The summed E-state index contributed by atoms with van der Waals surface area (Å²) < 4.78 is 5.91. The van der Waals surface area contributed by atoms with Crippen LogP contribution in [0.3, 0.4) is 0 Å². The number of carbonyl (C=O) groups is 1. The molecule has 1 saturated carbocycles. The largest absolute Gasteiger partial charge is 0.492 e. The summed E-state index contributed by atoms with van der Waals surface area (Å²) in [5.41, 5.74) is 0.732. The van der Waals surface area contributed by atoms with Crippen molar-refractivity contribution < 1.29 is 9.53 Å². The first-order valence-electron chi connectivity index (χ1n) is 9.06. The molecule has 2 saturated heterocycles. The van der Waals surface area contributed by atoms with E-state index in [9.17, 15) is 4.79 Å². The highest BCUT2D eigenvalue weighted by molar-refractivity contribution is 5.97. The van der Waals surface area contributed by atoms with Crippen molar-refractivity contribution in [2.45, 2.75) is 38.1 Å². The van der Waals surface area contributed by atoms with Crippen LogP contribution in [0.1, 0.15) is 42.5 Å². The van der Waals surface area contributed by atoms with Crippen LogP contribution in [0.15, 0.2) is 24.3 Å². The lowest BCUT2D eigenvalue weighted by atomic mass is 10.1. The van der Waals surface area contributed by atoms with Crippen LogP contribution in [0, 0.1) is 5.92 Å². The lowest BCUT2D eigenvalue weighted by molar-refractivity contribution is 0.0775. The van der Waals surface area contributed by atoms with Gasteiger partial charge in [-0.25, -0.2) is 0 Å². The minimum Gasteiger partial charge on any atom is -0.492 e. The minimum absolute atomic E-state index is 0.137. The van der Waals surface area contributed by atoms with E-state index in [4.69, 9.17) is 4.74 Å². The second-order valence-electron chi connectivity index (χ2n) is 7.19. The second-order valence-corrected chi connectivity index (χ2v) is 7.19. The predicted octanol–water partition coefficient (Wildman–Crippen LogP) is 2.79. The minimum atomic E-state index is 0.137. The third kappa shape index (κ3) is 3.37. The number of para-hydroxylation sites is 1. The van der Waals surface area contributed by atoms with Crippen LogP contribution >= 0.6 is 0 Å². The molecule has 1 aromatic rings. The van der Waals surface area contributed by atoms with Gasteiger partial charge in [-0.1, -0.05) is 12.1 Å². The molecule has 1 aliphatic carbocycles. The molecule has 0 spiro atoms. The van der Waals surface area contributed by atoms with E-state index in [1.807, 2.05) is 29.2 Å². The van der Waals surface area contributed by atoms with Crippen LogP contribution in [0.4, 0.5) is 0 Å². The number of ether oxygens (including phenoxy) is 1. The predicted molar refractivity (Wildman–Crippen MR) is 89.8 cm³/mol. The van der Waals surface area contributed by atoms with Crippen LogP contribution in [-0.4, -0.2) is 54.5 Å². The summed E-state index contributed by atoms with van der Waals surface area (Å²) in [5, 5.41) is 0. The topological polar surface area (TPSA) is 32.8 Å². The first kappa shape index (κ1) is 15.0. The molecular weight excluding hydrogens is 288 g/mol. The van der Waals surface area contributed by atoms with Gasteiger partial charge >= 0.3 is 0 Å². The molecule has 4 nitrogen and oxygen atoms in total. The van der Waals surface area contributed by atoms with E-state index < -0.39 is 0 Å². The van der Waals surface area contributed by atoms with Gasteiger partial charge in [-0.3, -0.25) is 9.69 Å². The molecule has 3 fully saturated rings. The SMILES string of the molecule is O=C(c1ccccc1OCC1CC1)N1CC[C@@H](N2CCCC2)C1. The monoisotopic (exact) mass is 314 g/mol. The molecular formula is C19H26N2O2. The van der Waals surface area contributed by atoms with Crippen molar-refractivity contribution in [2.75, 3.05) is 32.8 Å². The molecule has 4 heteroatoms. The van der Waals surface area contributed by atoms with Gasteiger partial charge in [0.05, 0.1) is 12.2 Å². The Morgan fingerprint density at radius 1 is 1.09 bits per heavy atom. The third-order valence-corrected chi connectivity index (χ3v) is 5.40. The van der Waals surface area contributed by atoms with Gasteiger partial charge in [-0.15, -0.1) is 0 Å². The molecule has 2 aliphatic heterocycles. The van der Waals surface area contributed by atoms with Gasteiger partial charge in [-0.2, -0.15) is 0 Å². The zero-order valence-corrected chi connectivity index (χ0v) is 13.7. The van der Waals surface area contributed by atoms with Crippen LogP contribution in [0.25, 0.3) is 0 Å². The van der Waals surface area contributed by atoms with E-state index in [0.29, 0.717) is 12.0 Å². The molecule has 4 rings (SSSR count). The molecule has 0 aromatic heterocycles. The van der Waals surface area contributed by atoms with Crippen LogP contribution in [0.5, 0.6) is 5.75 Å². The van der Waals surface area contributed by atoms with Crippen molar-refractivity contribution in [2.24, 2.45) is 5.92 Å². The van der Waals surface area contributed by atoms with Gasteiger partial charge in [-0.05, 0) is 63.2 Å². The lowest BCUT2D eigenvalue weighted by Gasteiger charge is -2.24. The van der Waals surface area contributed by atoms with Crippen LogP contribution < -0.4 is 4.74 Å². The van der Waals surface area contributed by atoms with Gasteiger partial charge in [0, 0.05) is 19.1 Å². The summed E-state index contributed by atoms with van der Waals surface area (Å²) in [6, 6.07) is 8.29. The van der Waals surface area contributed by atoms with Crippen molar-refractivity contribution in [1.29, 1.82) is 0 Å². The Hall–Kier alpha value is -1.55. The Balaban J connectivity index is 1.42. The molecule has 0 N–H and O–H groups in total. The van der Waals surface area contributed by atoms with Gasteiger partial charge in [0.1, 0.15) is 5.75 Å². The summed E-state index contributed by atoms with van der Waals surface area (Å²) >= 11 is 0. The van der Waals surface area contributed by atoms with Crippen molar-refractivity contribution in [1.82, 2.24) is 9.80 Å². The average Bonchev–Trinajstić information content (AvgIpc) is 3.05. The van der Waals surface area contributed by atoms with Gasteiger partial charge in [0.25, 0.3) is 5.91 Å². The zero-order chi connectivity index (χ0) is 15.6. The maximum absolute atomic E-state index is 12.9. The molecule has 124 valence electrons. The highest BCUT2D eigenvalue weighted by Crippen LogP contribution is 2.31. The fourth-order valence-electron chi connectivity index (χ4n) is 3.76. The fourth-order valence-corrected chi connectivity index (χ4v) is 3.76. The van der Waals surface area contributed by atoms with E-state index >= 15 is 0 Å². The van der Waals surface area contributed by atoms with Gasteiger partial charge < -0.3 is 9.64 Å². The van der Waals surface area contributed by atoms with Gasteiger partial charge in [0.15, 0.2) is 0 Å². The molecule has 2 heterocycles. The molecule has 1 aromatic carbocycles. The van der Waals surface area contributed by atoms with E-state index in [2.05, 4.69) is 4.90 Å². The molecule has 0 bridgehead atoms. The standard InChI is InChI=1S/C19H26N2O2/c22-19(21-12-9-16(13-21)20-10-3-4-11-20)17-5-1-2-6-18(17)23-14-15-7-8-15/h1-2,5-6,15-16H,3-4,7-14H2/t16-/m1/s1. The summed E-state index contributed by atoms with van der Waals surface area (Å²) in [7, 11) is 0. The number of nitrogens with zero attached hydrogens (tertiary/aromatic N) is 2. The zero-order valence-electron chi connectivity index (χ0n) is 13.7. The summed E-state index contributed by atoms with van der Waals surface area (Å²) in [4.78, 5) is 17.5.